The highest BCUT2D eigenvalue weighted by molar-refractivity contribution is 7.99. The fourth-order valence-corrected chi connectivity index (χ4v) is 3.55. The third-order valence-electron chi connectivity index (χ3n) is 4.27. The molecule has 1 atom stereocenters. The monoisotopic (exact) mass is 393 g/mol. The van der Waals surface area contributed by atoms with Crippen LogP contribution in [-0.4, -0.2) is 39.1 Å². The van der Waals surface area contributed by atoms with E-state index in [1.165, 1.54) is 18.7 Å². The number of aromatic amines is 1. The lowest BCUT2D eigenvalue weighted by Gasteiger charge is -2.01. The van der Waals surface area contributed by atoms with Crippen LogP contribution in [0.4, 0.5) is 5.69 Å². The molecule has 1 aliphatic heterocycles. The van der Waals surface area contributed by atoms with E-state index in [2.05, 4.69) is 27.1 Å². The van der Waals surface area contributed by atoms with Crippen molar-refractivity contribution in [3.8, 4) is 11.8 Å². The Balaban J connectivity index is 1.53. The summed E-state index contributed by atoms with van der Waals surface area (Å²) < 4.78 is 4.98. The van der Waals surface area contributed by atoms with E-state index in [9.17, 15) is 9.90 Å². The molecule has 0 aliphatic carbocycles. The molecule has 1 aromatic heterocycles. The second-order valence-electron chi connectivity index (χ2n) is 6.76. The van der Waals surface area contributed by atoms with Crippen molar-refractivity contribution in [3.63, 3.8) is 0 Å². The number of thioether (sulfide) groups is 1. The quantitative estimate of drug-likeness (QED) is 0.360. The van der Waals surface area contributed by atoms with Crippen LogP contribution in [0.15, 0.2) is 41.6 Å². The second kappa shape index (κ2) is 7.32. The van der Waals surface area contributed by atoms with Crippen molar-refractivity contribution in [2.24, 2.45) is 0 Å². The van der Waals surface area contributed by atoms with Gasteiger partial charge in [-0.05, 0) is 48.9 Å². The number of epoxide rings is 1. The molecule has 6 nitrogen and oxygen atoms in total. The Bertz CT molecular complexity index is 1110. The van der Waals surface area contributed by atoms with Gasteiger partial charge >= 0.3 is 0 Å². The van der Waals surface area contributed by atoms with Crippen LogP contribution in [0.5, 0.6) is 0 Å². The summed E-state index contributed by atoms with van der Waals surface area (Å²) >= 11 is 1.44. The van der Waals surface area contributed by atoms with E-state index in [0.29, 0.717) is 12.4 Å². The summed E-state index contributed by atoms with van der Waals surface area (Å²) in [6, 6.07) is 11.4. The highest BCUT2D eigenvalue weighted by atomic mass is 32.2. The molecule has 2 aromatic carbocycles. The molecule has 4 rings (SSSR count). The number of amides is 1. The van der Waals surface area contributed by atoms with Crippen molar-refractivity contribution in [2.75, 3.05) is 17.7 Å². The van der Waals surface area contributed by atoms with Crippen LogP contribution in [0.3, 0.4) is 0 Å². The van der Waals surface area contributed by atoms with E-state index in [4.69, 9.17) is 4.74 Å². The molecule has 0 saturated carbocycles. The van der Waals surface area contributed by atoms with Crippen molar-refractivity contribution in [1.82, 2.24) is 9.97 Å². The lowest BCUT2D eigenvalue weighted by Crippen LogP contribution is -2.12. The van der Waals surface area contributed by atoms with Crippen molar-refractivity contribution < 1.29 is 14.6 Å². The van der Waals surface area contributed by atoms with Crippen LogP contribution in [0.1, 0.15) is 23.6 Å². The number of aliphatic hydroxyl groups is 1. The number of fused-ring (bicyclic) bond motifs is 1. The molecule has 142 valence electrons. The predicted octanol–water partition coefficient (Wildman–Crippen LogP) is 3.04. The number of nitrogens with one attached hydrogen (secondary N) is 2. The first kappa shape index (κ1) is 18.6. The first-order valence-corrected chi connectivity index (χ1v) is 9.78. The third-order valence-corrected chi connectivity index (χ3v) is 5.33. The van der Waals surface area contributed by atoms with Crippen LogP contribution in [0, 0.1) is 18.8 Å². The standard InChI is InChI=1S/C21H19N3O3S/c1-13-9-18-19(24-20(23-18)28-12-21(26)11-27-21)10-16(13)6-3-15-4-7-17(8-5-15)22-14(2)25/h4-5,7-10,26H,11-12H2,1-2H3,(H,22,25)(H,23,24). The molecule has 0 bridgehead atoms. The van der Waals surface area contributed by atoms with Crippen LogP contribution in [-0.2, 0) is 9.53 Å². The number of anilines is 1. The van der Waals surface area contributed by atoms with Gasteiger partial charge in [-0.1, -0.05) is 23.6 Å². The largest absolute Gasteiger partial charge is 0.363 e. The van der Waals surface area contributed by atoms with Gasteiger partial charge in [-0.3, -0.25) is 4.79 Å². The Morgan fingerprint density at radius 1 is 1.36 bits per heavy atom. The van der Waals surface area contributed by atoms with Gasteiger partial charge in [-0.15, -0.1) is 0 Å². The highest BCUT2D eigenvalue weighted by Crippen LogP contribution is 2.31. The normalized spacial score (nSPS) is 17.8. The lowest BCUT2D eigenvalue weighted by molar-refractivity contribution is -0.114. The van der Waals surface area contributed by atoms with Gasteiger partial charge in [0.2, 0.25) is 5.91 Å². The minimum Gasteiger partial charge on any atom is -0.363 e. The summed E-state index contributed by atoms with van der Waals surface area (Å²) in [6.45, 7) is 3.87. The zero-order chi connectivity index (χ0) is 19.7. The number of H-pyrrole nitrogens is 1. The number of aryl methyl sites for hydroxylation is 1. The maximum Gasteiger partial charge on any atom is 0.221 e. The van der Waals surface area contributed by atoms with E-state index in [0.717, 1.165) is 38.6 Å². The fraction of sp³-hybridized carbons (Fsp3) is 0.238. The molecule has 3 N–H and O–H groups in total. The summed E-state index contributed by atoms with van der Waals surface area (Å²) in [7, 11) is 0. The van der Waals surface area contributed by atoms with E-state index in [1.54, 1.807) is 0 Å². The molecule has 1 saturated heterocycles. The SMILES string of the molecule is CC(=O)Nc1ccc(C#Cc2cc3nc(SCC4(O)CO4)[nH]c3cc2C)cc1. The van der Waals surface area contributed by atoms with E-state index in [1.807, 2.05) is 43.3 Å². The molecule has 3 aromatic rings. The molecule has 1 aliphatic rings. The van der Waals surface area contributed by atoms with Gasteiger partial charge in [0.15, 0.2) is 10.9 Å². The van der Waals surface area contributed by atoms with Crippen molar-refractivity contribution in [3.05, 3.63) is 53.1 Å². The van der Waals surface area contributed by atoms with Gasteiger partial charge in [0.05, 0.1) is 16.8 Å². The number of ether oxygens (including phenoxy) is 1. The third kappa shape index (κ3) is 4.37. The van der Waals surface area contributed by atoms with Crippen molar-refractivity contribution in [1.29, 1.82) is 0 Å². The van der Waals surface area contributed by atoms with Crippen LogP contribution >= 0.6 is 11.8 Å². The number of carbonyl (C=O) groups excluding carboxylic acids is 1. The number of carbonyl (C=O) groups is 1. The molecule has 1 amide bonds. The average molecular weight is 393 g/mol. The number of rotatable bonds is 4. The zero-order valence-corrected chi connectivity index (χ0v) is 16.3. The Hall–Kier alpha value is -2.79. The highest BCUT2D eigenvalue weighted by Gasteiger charge is 2.42. The van der Waals surface area contributed by atoms with E-state index in [-0.39, 0.29) is 5.91 Å². The van der Waals surface area contributed by atoms with Gasteiger partial charge in [-0.25, -0.2) is 4.98 Å². The Morgan fingerprint density at radius 2 is 2.11 bits per heavy atom. The number of hydrogen-bond donors (Lipinski definition) is 3. The number of aromatic nitrogens is 2. The maximum atomic E-state index is 11.1. The molecular weight excluding hydrogens is 374 g/mol. The molecule has 28 heavy (non-hydrogen) atoms. The zero-order valence-electron chi connectivity index (χ0n) is 15.5. The molecule has 0 radical (unpaired) electrons. The molecular formula is C21H19N3O3S. The minimum atomic E-state index is -0.994. The number of benzene rings is 2. The molecule has 2 heterocycles. The molecule has 1 fully saturated rings. The Labute approximate surface area is 166 Å². The van der Waals surface area contributed by atoms with Crippen molar-refractivity contribution >= 4 is 34.4 Å². The van der Waals surface area contributed by atoms with Gasteiger partial charge in [0, 0.05) is 23.7 Å². The maximum absolute atomic E-state index is 11.1. The van der Waals surface area contributed by atoms with Gasteiger partial charge in [0.1, 0.15) is 6.61 Å². The minimum absolute atomic E-state index is 0.0990. The summed E-state index contributed by atoms with van der Waals surface area (Å²) in [5.74, 6) is 5.71. The first-order valence-electron chi connectivity index (χ1n) is 8.79. The average Bonchev–Trinajstić information content (AvgIpc) is 3.26. The van der Waals surface area contributed by atoms with Gasteiger partial charge in [-0.2, -0.15) is 0 Å². The van der Waals surface area contributed by atoms with Gasteiger partial charge < -0.3 is 20.1 Å². The molecule has 1 unspecified atom stereocenters. The summed E-state index contributed by atoms with van der Waals surface area (Å²) in [5.41, 5.74) is 5.35. The second-order valence-corrected chi connectivity index (χ2v) is 7.72. The summed E-state index contributed by atoms with van der Waals surface area (Å²) in [5, 5.41) is 13.3. The Morgan fingerprint density at radius 3 is 2.79 bits per heavy atom. The van der Waals surface area contributed by atoms with Gasteiger partial charge in [0.25, 0.3) is 0 Å². The van der Waals surface area contributed by atoms with Crippen LogP contribution in [0.2, 0.25) is 0 Å². The number of nitrogens with zero attached hydrogens (tertiary/aromatic N) is 1. The summed E-state index contributed by atoms with van der Waals surface area (Å²) in [6.07, 6.45) is 0. The van der Waals surface area contributed by atoms with E-state index >= 15 is 0 Å². The lowest BCUT2D eigenvalue weighted by atomic mass is 10.1. The number of imidazole rings is 1. The van der Waals surface area contributed by atoms with Crippen LogP contribution < -0.4 is 5.32 Å². The van der Waals surface area contributed by atoms with E-state index < -0.39 is 5.79 Å². The molecule has 7 heteroatoms. The molecule has 0 spiro atoms. The predicted molar refractivity (Wildman–Crippen MR) is 109 cm³/mol. The first-order chi connectivity index (χ1) is 13.4. The fourth-order valence-electron chi connectivity index (χ4n) is 2.67. The topological polar surface area (TPSA) is 90.5 Å². The summed E-state index contributed by atoms with van der Waals surface area (Å²) in [4.78, 5) is 18.9. The number of hydrogen-bond acceptors (Lipinski definition) is 5. The van der Waals surface area contributed by atoms with Crippen LogP contribution in [0.25, 0.3) is 11.0 Å². The smallest absolute Gasteiger partial charge is 0.221 e. The Kier molecular flexibility index (Phi) is 4.85. The van der Waals surface area contributed by atoms with Crippen molar-refractivity contribution in [2.45, 2.75) is 24.8 Å².